The van der Waals surface area contributed by atoms with Gasteiger partial charge in [-0.05, 0) is 34.7 Å². The summed E-state index contributed by atoms with van der Waals surface area (Å²) < 4.78 is 38.1. The maximum absolute atomic E-state index is 12.7. The van der Waals surface area contributed by atoms with Gasteiger partial charge in [-0.1, -0.05) is 27.5 Å². The fourth-order valence-corrected chi connectivity index (χ4v) is 2.79. The molecule has 0 aliphatic carbocycles. The summed E-state index contributed by atoms with van der Waals surface area (Å²) >= 11 is 9.99. The van der Waals surface area contributed by atoms with E-state index in [0.717, 1.165) is 6.07 Å². The predicted molar refractivity (Wildman–Crippen MR) is 67.3 cm³/mol. The quantitative estimate of drug-likeness (QED) is 0.385. The lowest BCUT2D eigenvalue weighted by Crippen LogP contribution is -2.16. The van der Waals surface area contributed by atoms with E-state index >= 15 is 0 Å². The highest BCUT2D eigenvalue weighted by molar-refractivity contribution is 14.1. The SMILES string of the molecule is O=C(CBr)c1cc(Cl)cc(I)c1C(F)(F)F. The van der Waals surface area contributed by atoms with E-state index in [0.29, 0.717) is 0 Å². The molecule has 1 aromatic carbocycles. The second-order valence-corrected chi connectivity index (χ2v) is 5.02. The summed E-state index contributed by atoms with van der Waals surface area (Å²) in [4.78, 5) is 11.4. The lowest BCUT2D eigenvalue weighted by atomic mass is 10.0. The van der Waals surface area contributed by atoms with Crippen molar-refractivity contribution in [3.05, 3.63) is 31.9 Å². The van der Waals surface area contributed by atoms with Gasteiger partial charge in [0.2, 0.25) is 0 Å². The van der Waals surface area contributed by atoms with E-state index in [1.54, 1.807) is 0 Å². The standard InChI is InChI=1S/C9H4BrClF3IO/c10-3-7(16)5-1-4(11)2-6(15)8(5)9(12,13)14/h1-2H,3H2. The van der Waals surface area contributed by atoms with Crippen LogP contribution in [0.25, 0.3) is 0 Å². The Morgan fingerprint density at radius 1 is 1.44 bits per heavy atom. The molecule has 0 aliphatic heterocycles. The van der Waals surface area contributed by atoms with Crippen LogP contribution in [0.4, 0.5) is 13.2 Å². The highest BCUT2D eigenvalue weighted by atomic mass is 127. The first-order valence-corrected chi connectivity index (χ1v) is 6.50. The topological polar surface area (TPSA) is 17.1 Å². The van der Waals surface area contributed by atoms with Crippen LogP contribution in [0, 0.1) is 3.57 Å². The van der Waals surface area contributed by atoms with Crippen LogP contribution >= 0.6 is 50.1 Å². The molecule has 88 valence electrons. The second-order valence-electron chi connectivity index (χ2n) is 2.86. The van der Waals surface area contributed by atoms with E-state index in [-0.39, 0.29) is 13.9 Å². The third-order valence-electron chi connectivity index (χ3n) is 1.76. The molecule has 0 N–H and O–H groups in total. The maximum atomic E-state index is 12.7. The zero-order valence-electron chi connectivity index (χ0n) is 7.54. The minimum Gasteiger partial charge on any atom is -0.293 e. The molecule has 0 heterocycles. The minimum atomic E-state index is -4.56. The number of Topliss-reactive ketones (excluding diaryl/α,β-unsaturated/α-hetero) is 1. The molecule has 0 saturated heterocycles. The zero-order valence-corrected chi connectivity index (χ0v) is 12.0. The first kappa shape index (κ1) is 14.2. The molecule has 1 nitrogen and oxygen atoms in total. The average molecular weight is 427 g/mol. The number of benzene rings is 1. The van der Waals surface area contributed by atoms with E-state index in [4.69, 9.17) is 11.6 Å². The molecule has 16 heavy (non-hydrogen) atoms. The monoisotopic (exact) mass is 426 g/mol. The third kappa shape index (κ3) is 3.10. The summed E-state index contributed by atoms with van der Waals surface area (Å²) in [6.07, 6.45) is -4.56. The van der Waals surface area contributed by atoms with E-state index in [9.17, 15) is 18.0 Å². The summed E-state index contributed by atoms with van der Waals surface area (Å²) in [5, 5.41) is -0.0614. The van der Waals surface area contributed by atoms with Gasteiger partial charge in [-0.15, -0.1) is 0 Å². The number of alkyl halides is 4. The van der Waals surface area contributed by atoms with Crippen LogP contribution in [0.2, 0.25) is 5.02 Å². The molecule has 1 rings (SSSR count). The van der Waals surface area contributed by atoms with E-state index in [1.807, 2.05) is 0 Å². The number of hydrogen-bond donors (Lipinski definition) is 0. The molecule has 0 atom stereocenters. The molecule has 0 radical (unpaired) electrons. The Balaban J connectivity index is 3.51. The first-order chi connectivity index (χ1) is 7.27. The third-order valence-corrected chi connectivity index (χ3v) is 3.34. The summed E-state index contributed by atoms with van der Waals surface area (Å²) in [6.45, 7) is 0. The summed E-state index contributed by atoms with van der Waals surface area (Å²) in [6, 6.07) is 2.21. The van der Waals surface area contributed by atoms with Crippen LogP contribution < -0.4 is 0 Å². The van der Waals surface area contributed by atoms with Crippen molar-refractivity contribution in [1.29, 1.82) is 0 Å². The summed E-state index contributed by atoms with van der Waals surface area (Å²) in [7, 11) is 0. The summed E-state index contributed by atoms with van der Waals surface area (Å²) in [5.41, 5.74) is -1.33. The van der Waals surface area contributed by atoms with Gasteiger partial charge >= 0.3 is 6.18 Å². The molecule has 0 saturated carbocycles. The second kappa shape index (κ2) is 5.22. The Labute approximate surface area is 117 Å². The number of carbonyl (C=O) groups is 1. The molecule has 0 aromatic heterocycles. The van der Waals surface area contributed by atoms with Crippen molar-refractivity contribution in [2.24, 2.45) is 0 Å². The molecule has 0 spiro atoms. The van der Waals surface area contributed by atoms with Crippen LogP contribution in [-0.4, -0.2) is 11.1 Å². The number of halogens is 6. The van der Waals surface area contributed by atoms with Gasteiger partial charge in [0.15, 0.2) is 5.78 Å². The van der Waals surface area contributed by atoms with Gasteiger partial charge in [-0.2, -0.15) is 13.2 Å². The molecule has 0 aliphatic rings. The molecule has 0 bridgehead atoms. The van der Waals surface area contributed by atoms with Gasteiger partial charge in [-0.3, -0.25) is 4.79 Å². The van der Waals surface area contributed by atoms with Crippen LogP contribution in [-0.2, 0) is 6.18 Å². The van der Waals surface area contributed by atoms with E-state index < -0.39 is 23.1 Å². The maximum Gasteiger partial charge on any atom is 0.418 e. The molecule has 1 aromatic rings. The Kier molecular flexibility index (Phi) is 4.65. The van der Waals surface area contributed by atoms with E-state index in [2.05, 4.69) is 15.9 Å². The summed E-state index contributed by atoms with van der Waals surface area (Å²) in [5.74, 6) is -0.646. The first-order valence-electron chi connectivity index (χ1n) is 3.92. The molecule has 0 amide bonds. The molecule has 7 heteroatoms. The van der Waals surface area contributed by atoms with Crippen molar-refractivity contribution >= 4 is 55.9 Å². The lowest BCUT2D eigenvalue weighted by molar-refractivity contribution is -0.138. The van der Waals surface area contributed by atoms with Gasteiger partial charge in [0.25, 0.3) is 0 Å². The highest BCUT2D eigenvalue weighted by Crippen LogP contribution is 2.37. The number of hydrogen-bond acceptors (Lipinski definition) is 1. The number of carbonyl (C=O) groups excluding carboxylic acids is 1. The van der Waals surface area contributed by atoms with Crippen molar-refractivity contribution in [3.8, 4) is 0 Å². The number of rotatable bonds is 2. The molecule has 0 fully saturated rings. The Morgan fingerprint density at radius 2 is 2.00 bits per heavy atom. The van der Waals surface area contributed by atoms with Crippen LogP contribution in [0.3, 0.4) is 0 Å². The Morgan fingerprint density at radius 3 is 2.44 bits per heavy atom. The van der Waals surface area contributed by atoms with Gasteiger partial charge in [0.1, 0.15) is 0 Å². The van der Waals surface area contributed by atoms with Crippen molar-refractivity contribution < 1.29 is 18.0 Å². The van der Waals surface area contributed by atoms with Crippen LogP contribution in [0.1, 0.15) is 15.9 Å². The fraction of sp³-hybridized carbons (Fsp3) is 0.222. The predicted octanol–water partition coefficient (Wildman–Crippen LogP) is 4.54. The Bertz CT molecular complexity index is 433. The van der Waals surface area contributed by atoms with Gasteiger partial charge in [0.05, 0.1) is 10.9 Å². The molecule has 0 unspecified atom stereocenters. The largest absolute Gasteiger partial charge is 0.418 e. The minimum absolute atomic E-state index is 0.0816. The number of ketones is 1. The Hall–Kier alpha value is 0.180. The zero-order chi connectivity index (χ0) is 12.5. The van der Waals surface area contributed by atoms with Crippen LogP contribution in [0.15, 0.2) is 12.1 Å². The van der Waals surface area contributed by atoms with Gasteiger partial charge in [0, 0.05) is 14.2 Å². The fourth-order valence-electron chi connectivity index (χ4n) is 1.15. The molecular weight excluding hydrogens is 423 g/mol. The van der Waals surface area contributed by atoms with Crippen molar-refractivity contribution in [2.45, 2.75) is 6.18 Å². The molecular formula is C9H4BrClF3IO. The van der Waals surface area contributed by atoms with Gasteiger partial charge < -0.3 is 0 Å². The van der Waals surface area contributed by atoms with Gasteiger partial charge in [-0.25, -0.2) is 0 Å². The van der Waals surface area contributed by atoms with Crippen LogP contribution in [0.5, 0.6) is 0 Å². The van der Waals surface area contributed by atoms with E-state index in [1.165, 1.54) is 28.7 Å². The van der Waals surface area contributed by atoms with Crippen molar-refractivity contribution in [3.63, 3.8) is 0 Å². The van der Waals surface area contributed by atoms with Crippen molar-refractivity contribution in [1.82, 2.24) is 0 Å². The normalized spacial score (nSPS) is 11.6. The smallest absolute Gasteiger partial charge is 0.293 e. The average Bonchev–Trinajstić information content (AvgIpc) is 2.12. The highest BCUT2D eigenvalue weighted by Gasteiger charge is 2.37. The van der Waals surface area contributed by atoms with Crippen molar-refractivity contribution in [2.75, 3.05) is 5.33 Å². The lowest BCUT2D eigenvalue weighted by Gasteiger charge is -2.13.